The Morgan fingerprint density at radius 3 is 2.33 bits per heavy atom. The van der Waals surface area contributed by atoms with Crippen molar-refractivity contribution in [1.29, 1.82) is 5.26 Å². The normalized spacial score (nSPS) is 12.2. The third-order valence-electron chi connectivity index (χ3n) is 4.03. The molecule has 0 fully saturated rings. The molecule has 0 spiro atoms. The van der Waals surface area contributed by atoms with Gasteiger partial charge in [-0.3, -0.25) is 4.72 Å². The zero-order chi connectivity index (χ0) is 17.7. The molecule has 0 radical (unpaired) electrons. The van der Waals surface area contributed by atoms with Crippen LogP contribution in [0.4, 0.5) is 11.4 Å². The lowest BCUT2D eigenvalue weighted by atomic mass is 9.99. The van der Waals surface area contributed by atoms with Gasteiger partial charge >= 0.3 is 0 Å². The molecule has 0 saturated carbocycles. The van der Waals surface area contributed by atoms with Crippen molar-refractivity contribution in [3.8, 4) is 6.07 Å². The first-order valence-corrected chi connectivity index (χ1v) is 9.24. The molecule has 0 saturated heterocycles. The first-order valence-electron chi connectivity index (χ1n) is 7.76. The van der Waals surface area contributed by atoms with Crippen LogP contribution in [0.3, 0.4) is 0 Å². The quantitative estimate of drug-likeness (QED) is 0.833. The van der Waals surface area contributed by atoms with Gasteiger partial charge in [0, 0.05) is 7.05 Å². The molecule has 2 aromatic carbocycles. The van der Waals surface area contributed by atoms with Gasteiger partial charge in [-0.05, 0) is 48.2 Å². The minimum absolute atomic E-state index is 0.193. The third-order valence-corrected chi connectivity index (χ3v) is 5.42. The maximum absolute atomic E-state index is 12.6. The Morgan fingerprint density at radius 1 is 1.12 bits per heavy atom. The van der Waals surface area contributed by atoms with Gasteiger partial charge < -0.3 is 5.32 Å². The van der Waals surface area contributed by atoms with E-state index in [1.165, 1.54) is 6.07 Å². The van der Waals surface area contributed by atoms with Gasteiger partial charge in [0.1, 0.15) is 0 Å². The lowest BCUT2D eigenvalue weighted by Crippen LogP contribution is -2.14. The number of sulfonamides is 1. The molecule has 2 rings (SSSR count). The molecular weight excluding hydrogens is 322 g/mol. The predicted molar refractivity (Wildman–Crippen MR) is 96.7 cm³/mol. The van der Waals surface area contributed by atoms with E-state index in [0.717, 1.165) is 12.0 Å². The van der Waals surface area contributed by atoms with E-state index in [2.05, 4.69) is 23.9 Å². The summed E-state index contributed by atoms with van der Waals surface area (Å²) in [6.07, 6.45) is 0.997. The number of nitrogens with one attached hydrogen (secondary N) is 2. The van der Waals surface area contributed by atoms with Crippen molar-refractivity contribution >= 4 is 21.4 Å². The Balaban J connectivity index is 2.33. The van der Waals surface area contributed by atoms with Gasteiger partial charge in [0.2, 0.25) is 0 Å². The standard InChI is InChI=1S/C18H21N3O2S/c1-4-13(2)15-6-8-16(9-7-15)24(22,23)21-18-11-14(12-19)5-10-17(18)20-3/h5-11,13,20-21H,4H2,1-3H3. The highest BCUT2D eigenvalue weighted by Crippen LogP contribution is 2.26. The molecule has 0 aliphatic heterocycles. The van der Waals surface area contributed by atoms with Crippen LogP contribution >= 0.6 is 0 Å². The van der Waals surface area contributed by atoms with Gasteiger partial charge in [0.15, 0.2) is 0 Å². The summed E-state index contributed by atoms with van der Waals surface area (Å²) in [5.41, 5.74) is 2.45. The molecule has 0 heterocycles. The van der Waals surface area contributed by atoms with E-state index >= 15 is 0 Å². The molecule has 1 unspecified atom stereocenters. The summed E-state index contributed by atoms with van der Waals surface area (Å²) in [6.45, 7) is 4.20. The van der Waals surface area contributed by atoms with Crippen LogP contribution in [-0.2, 0) is 10.0 Å². The van der Waals surface area contributed by atoms with E-state index in [1.807, 2.05) is 18.2 Å². The molecule has 0 aromatic heterocycles. The van der Waals surface area contributed by atoms with Gasteiger partial charge in [-0.1, -0.05) is 26.0 Å². The summed E-state index contributed by atoms with van der Waals surface area (Å²) in [6, 6.07) is 13.7. The number of nitrogens with zero attached hydrogens (tertiary/aromatic N) is 1. The van der Waals surface area contributed by atoms with Gasteiger partial charge in [-0.15, -0.1) is 0 Å². The third kappa shape index (κ3) is 3.87. The van der Waals surface area contributed by atoms with Gasteiger partial charge in [0.05, 0.1) is 27.9 Å². The van der Waals surface area contributed by atoms with Crippen LogP contribution in [0.5, 0.6) is 0 Å². The summed E-state index contributed by atoms with van der Waals surface area (Å²) < 4.78 is 27.7. The fraction of sp³-hybridized carbons (Fsp3) is 0.278. The summed E-state index contributed by atoms with van der Waals surface area (Å²) in [4.78, 5) is 0.193. The van der Waals surface area contributed by atoms with Crippen LogP contribution in [-0.4, -0.2) is 15.5 Å². The number of nitriles is 1. The minimum atomic E-state index is -3.72. The molecule has 0 aliphatic rings. The first kappa shape index (κ1) is 17.8. The maximum atomic E-state index is 12.6. The predicted octanol–water partition coefficient (Wildman–Crippen LogP) is 3.91. The second-order valence-electron chi connectivity index (χ2n) is 5.61. The Bertz CT molecular complexity index is 853. The summed E-state index contributed by atoms with van der Waals surface area (Å²) in [5, 5.41) is 11.9. The van der Waals surface area contributed by atoms with Crippen LogP contribution in [0.1, 0.15) is 37.3 Å². The molecule has 1 atom stereocenters. The Kier molecular flexibility index (Phi) is 5.47. The van der Waals surface area contributed by atoms with E-state index in [4.69, 9.17) is 5.26 Å². The van der Waals surface area contributed by atoms with Gasteiger partial charge in [0.25, 0.3) is 10.0 Å². The van der Waals surface area contributed by atoms with Gasteiger partial charge in [-0.25, -0.2) is 8.42 Å². The number of hydrogen-bond donors (Lipinski definition) is 2. The average Bonchev–Trinajstić information content (AvgIpc) is 2.60. The van der Waals surface area contributed by atoms with Crippen LogP contribution in [0.2, 0.25) is 0 Å². The molecule has 0 amide bonds. The minimum Gasteiger partial charge on any atom is -0.386 e. The molecule has 6 heteroatoms. The van der Waals surface area contributed by atoms with Crippen molar-refractivity contribution in [2.24, 2.45) is 0 Å². The lowest BCUT2D eigenvalue weighted by molar-refractivity contribution is 0.601. The van der Waals surface area contributed by atoms with Gasteiger partial charge in [-0.2, -0.15) is 5.26 Å². The van der Waals surface area contributed by atoms with Crippen LogP contribution in [0.15, 0.2) is 47.4 Å². The number of benzene rings is 2. The van der Waals surface area contributed by atoms with Crippen LogP contribution in [0, 0.1) is 11.3 Å². The molecule has 2 N–H and O–H groups in total. The molecule has 24 heavy (non-hydrogen) atoms. The molecule has 0 aliphatic carbocycles. The molecule has 126 valence electrons. The fourth-order valence-electron chi connectivity index (χ4n) is 2.33. The number of rotatable bonds is 6. The molecule has 5 nitrogen and oxygen atoms in total. The van der Waals surface area contributed by atoms with Crippen molar-refractivity contribution < 1.29 is 8.42 Å². The molecule has 0 bridgehead atoms. The van der Waals surface area contributed by atoms with E-state index in [0.29, 0.717) is 22.9 Å². The fourth-order valence-corrected chi connectivity index (χ4v) is 3.40. The SMILES string of the molecule is CCC(C)c1ccc(S(=O)(=O)Nc2cc(C#N)ccc2NC)cc1. The zero-order valence-electron chi connectivity index (χ0n) is 14.0. The van der Waals surface area contributed by atoms with Crippen LogP contribution < -0.4 is 10.0 Å². The zero-order valence-corrected chi connectivity index (χ0v) is 14.8. The maximum Gasteiger partial charge on any atom is 0.261 e. The Labute approximate surface area is 143 Å². The van der Waals surface area contributed by atoms with E-state index in [1.54, 1.807) is 31.3 Å². The van der Waals surface area contributed by atoms with E-state index in [9.17, 15) is 8.42 Å². The van der Waals surface area contributed by atoms with Crippen LogP contribution in [0.25, 0.3) is 0 Å². The Morgan fingerprint density at radius 2 is 1.79 bits per heavy atom. The first-order chi connectivity index (χ1) is 11.4. The van der Waals surface area contributed by atoms with Crippen molar-refractivity contribution in [3.05, 3.63) is 53.6 Å². The average molecular weight is 343 g/mol. The van der Waals surface area contributed by atoms with Crippen molar-refractivity contribution in [3.63, 3.8) is 0 Å². The lowest BCUT2D eigenvalue weighted by Gasteiger charge is -2.14. The number of hydrogen-bond acceptors (Lipinski definition) is 4. The highest BCUT2D eigenvalue weighted by molar-refractivity contribution is 7.92. The monoisotopic (exact) mass is 343 g/mol. The molecule has 2 aromatic rings. The smallest absolute Gasteiger partial charge is 0.261 e. The van der Waals surface area contributed by atoms with E-state index < -0.39 is 10.0 Å². The second-order valence-corrected chi connectivity index (χ2v) is 7.29. The van der Waals surface area contributed by atoms with Crippen molar-refractivity contribution in [2.75, 3.05) is 17.1 Å². The topological polar surface area (TPSA) is 82.0 Å². The highest BCUT2D eigenvalue weighted by Gasteiger charge is 2.17. The van der Waals surface area contributed by atoms with Crippen molar-refractivity contribution in [1.82, 2.24) is 0 Å². The summed E-state index contributed by atoms with van der Waals surface area (Å²) in [7, 11) is -2.02. The molecular formula is C18H21N3O2S. The van der Waals surface area contributed by atoms with E-state index in [-0.39, 0.29) is 4.90 Å². The number of anilines is 2. The highest BCUT2D eigenvalue weighted by atomic mass is 32.2. The summed E-state index contributed by atoms with van der Waals surface area (Å²) in [5.74, 6) is 0.387. The largest absolute Gasteiger partial charge is 0.386 e. The van der Waals surface area contributed by atoms with Crippen molar-refractivity contribution in [2.45, 2.75) is 31.1 Å². The summed E-state index contributed by atoms with van der Waals surface area (Å²) >= 11 is 0. The second kappa shape index (κ2) is 7.37. The Hall–Kier alpha value is -2.52.